The SMILES string of the molecule is O[C@@H]1[C@H]2OCc3ccccc3COC[C@@H](O)[C@H]2O[C@@H]1O. The number of aliphatic hydroxyl groups excluding tert-OH is 3. The van der Waals surface area contributed by atoms with Crippen molar-refractivity contribution in [2.75, 3.05) is 6.61 Å². The van der Waals surface area contributed by atoms with Gasteiger partial charge in [0.15, 0.2) is 6.29 Å². The van der Waals surface area contributed by atoms with Crippen molar-refractivity contribution in [2.24, 2.45) is 0 Å². The summed E-state index contributed by atoms with van der Waals surface area (Å²) in [5.41, 5.74) is 1.93. The van der Waals surface area contributed by atoms with Gasteiger partial charge in [-0.25, -0.2) is 0 Å². The Morgan fingerprint density at radius 1 is 0.950 bits per heavy atom. The van der Waals surface area contributed by atoms with E-state index in [9.17, 15) is 15.3 Å². The second-order valence-corrected chi connectivity index (χ2v) is 5.11. The molecule has 1 saturated heterocycles. The van der Waals surface area contributed by atoms with E-state index in [-0.39, 0.29) is 13.2 Å². The summed E-state index contributed by atoms with van der Waals surface area (Å²) in [6.07, 6.45) is -5.08. The van der Waals surface area contributed by atoms with Gasteiger partial charge in [-0.2, -0.15) is 0 Å². The van der Waals surface area contributed by atoms with Gasteiger partial charge in [0.2, 0.25) is 0 Å². The minimum atomic E-state index is -1.35. The lowest BCUT2D eigenvalue weighted by molar-refractivity contribution is -0.156. The lowest BCUT2D eigenvalue weighted by Crippen LogP contribution is -2.43. The van der Waals surface area contributed by atoms with Gasteiger partial charge in [0.05, 0.1) is 19.8 Å². The van der Waals surface area contributed by atoms with E-state index >= 15 is 0 Å². The molecule has 0 bridgehead atoms. The van der Waals surface area contributed by atoms with Crippen molar-refractivity contribution < 1.29 is 29.5 Å². The molecular weight excluding hydrogens is 264 g/mol. The molecule has 110 valence electrons. The second-order valence-electron chi connectivity index (χ2n) is 5.11. The molecule has 3 N–H and O–H groups in total. The fourth-order valence-corrected chi connectivity index (χ4v) is 2.59. The van der Waals surface area contributed by atoms with Crippen LogP contribution >= 0.6 is 0 Å². The van der Waals surface area contributed by atoms with Gasteiger partial charge in [0, 0.05) is 0 Å². The maximum absolute atomic E-state index is 10.0. The normalized spacial score (nSPS) is 38.0. The minimum absolute atomic E-state index is 0.0539. The molecule has 2 aliphatic rings. The Bertz CT molecular complexity index is 465. The summed E-state index contributed by atoms with van der Waals surface area (Å²) in [6, 6.07) is 7.66. The lowest BCUT2D eigenvalue weighted by Gasteiger charge is -2.26. The predicted molar refractivity (Wildman–Crippen MR) is 67.6 cm³/mol. The molecule has 1 aromatic rings. The van der Waals surface area contributed by atoms with E-state index in [1.165, 1.54) is 0 Å². The van der Waals surface area contributed by atoms with E-state index in [4.69, 9.17) is 14.2 Å². The van der Waals surface area contributed by atoms with E-state index < -0.39 is 30.7 Å². The van der Waals surface area contributed by atoms with Crippen molar-refractivity contribution in [1.29, 1.82) is 0 Å². The van der Waals surface area contributed by atoms with Crippen LogP contribution in [-0.4, -0.2) is 52.6 Å². The molecule has 6 nitrogen and oxygen atoms in total. The number of rotatable bonds is 0. The fraction of sp³-hybridized carbons (Fsp3) is 0.571. The van der Waals surface area contributed by atoms with E-state index in [1.54, 1.807) is 0 Å². The molecule has 0 aliphatic carbocycles. The number of hydrogen-bond donors (Lipinski definition) is 3. The smallest absolute Gasteiger partial charge is 0.184 e. The third kappa shape index (κ3) is 2.58. The van der Waals surface area contributed by atoms with Crippen LogP contribution < -0.4 is 0 Å². The number of benzene rings is 1. The van der Waals surface area contributed by atoms with Crippen molar-refractivity contribution in [3.05, 3.63) is 35.4 Å². The van der Waals surface area contributed by atoms with Crippen LogP contribution in [0, 0.1) is 0 Å². The number of hydrogen-bond acceptors (Lipinski definition) is 6. The van der Waals surface area contributed by atoms with Crippen LogP contribution in [0.4, 0.5) is 0 Å². The molecule has 0 saturated carbocycles. The zero-order chi connectivity index (χ0) is 14.1. The minimum Gasteiger partial charge on any atom is -0.388 e. The molecule has 1 aromatic carbocycles. The first-order valence-electron chi connectivity index (χ1n) is 6.62. The van der Waals surface area contributed by atoms with Gasteiger partial charge in [0.25, 0.3) is 0 Å². The fourth-order valence-electron chi connectivity index (χ4n) is 2.59. The summed E-state index contributed by atoms with van der Waals surface area (Å²) >= 11 is 0. The summed E-state index contributed by atoms with van der Waals surface area (Å²) in [5, 5.41) is 29.5. The van der Waals surface area contributed by atoms with Gasteiger partial charge in [-0.05, 0) is 11.1 Å². The Labute approximate surface area is 116 Å². The van der Waals surface area contributed by atoms with Crippen molar-refractivity contribution in [3.8, 4) is 0 Å². The van der Waals surface area contributed by atoms with E-state index in [0.717, 1.165) is 11.1 Å². The van der Waals surface area contributed by atoms with E-state index in [2.05, 4.69) is 0 Å². The third-order valence-electron chi connectivity index (χ3n) is 3.72. The Morgan fingerprint density at radius 2 is 1.65 bits per heavy atom. The molecule has 20 heavy (non-hydrogen) atoms. The molecule has 0 unspecified atom stereocenters. The maximum atomic E-state index is 10.0. The van der Waals surface area contributed by atoms with Crippen LogP contribution in [0.1, 0.15) is 11.1 Å². The third-order valence-corrected chi connectivity index (χ3v) is 3.72. The maximum Gasteiger partial charge on any atom is 0.184 e. The van der Waals surface area contributed by atoms with Crippen molar-refractivity contribution in [3.63, 3.8) is 0 Å². The second kappa shape index (κ2) is 5.77. The van der Waals surface area contributed by atoms with Gasteiger partial charge < -0.3 is 29.5 Å². The molecule has 3 rings (SSSR count). The Kier molecular flexibility index (Phi) is 4.02. The quantitative estimate of drug-likeness (QED) is 0.597. The number of ether oxygens (including phenoxy) is 3. The van der Waals surface area contributed by atoms with Gasteiger partial charge in [-0.1, -0.05) is 24.3 Å². The van der Waals surface area contributed by atoms with Gasteiger partial charge in [0.1, 0.15) is 24.4 Å². The molecule has 2 aliphatic heterocycles. The topological polar surface area (TPSA) is 88.4 Å². The monoisotopic (exact) mass is 282 g/mol. The van der Waals surface area contributed by atoms with Gasteiger partial charge in [-0.3, -0.25) is 0 Å². The summed E-state index contributed by atoms with van der Waals surface area (Å²) in [7, 11) is 0. The highest BCUT2D eigenvalue weighted by Gasteiger charge is 2.47. The molecular formula is C14H18O6. The van der Waals surface area contributed by atoms with Gasteiger partial charge in [-0.15, -0.1) is 0 Å². The lowest BCUT2D eigenvalue weighted by atomic mass is 10.0. The average Bonchev–Trinajstić information content (AvgIpc) is 2.74. The predicted octanol–water partition coefficient (Wildman–Crippen LogP) is -0.459. The Balaban J connectivity index is 1.84. The molecule has 5 atom stereocenters. The van der Waals surface area contributed by atoms with E-state index in [0.29, 0.717) is 6.61 Å². The van der Waals surface area contributed by atoms with Crippen LogP contribution in [0.25, 0.3) is 0 Å². The molecule has 2 heterocycles. The van der Waals surface area contributed by atoms with Crippen molar-refractivity contribution >= 4 is 0 Å². The van der Waals surface area contributed by atoms with Crippen LogP contribution in [0.3, 0.4) is 0 Å². The highest BCUT2D eigenvalue weighted by atomic mass is 16.7. The largest absolute Gasteiger partial charge is 0.388 e. The van der Waals surface area contributed by atoms with Crippen molar-refractivity contribution in [2.45, 2.75) is 43.9 Å². The van der Waals surface area contributed by atoms with Crippen molar-refractivity contribution in [1.82, 2.24) is 0 Å². The molecule has 0 amide bonds. The zero-order valence-electron chi connectivity index (χ0n) is 10.9. The van der Waals surface area contributed by atoms with Crippen LogP contribution in [0.15, 0.2) is 24.3 Å². The molecule has 0 aromatic heterocycles. The molecule has 1 fully saturated rings. The first kappa shape index (κ1) is 13.9. The number of fused-ring (bicyclic) bond motifs is 2. The molecule has 0 spiro atoms. The zero-order valence-corrected chi connectivity index (χ0v) is 10.9. The standard InChI is InChI=1S/C14H18O6/c15-10-7-18-5-8-3-1-2-4-9(8)6-19-13-11(16)14(17)20-12(10)13/h1-4,10-17H,5-7H2/t10-,11-,12-,13-,14+/m1/s1. The highest BCUT2D eigenvalue weighted by molar-refractivity contribution is 5.26. The summed E-state index contributed by atoms with van der Waals surface area (Å²) in [4.78, 5) is 0. The van der Waals surface area contributed by atoms with Gasteiger partial charge >= 0.3 is 0 Å². The van der Waals surface area contributed by atoms with Crippen LogP contribution in [-0.2, 0) is 27.4 Å². The average molecular weight is 282 g/mol. The Hall–Kier alpha value is -1.02. The van der Waals surface area contributed by atoms with Crippen LogP contribution in [0.5, 0.6) is 0 Å². The van der Waals surface area contributed by atoms with Crippen LogP contribution in [0.2, 0.25) is 0 Å². The summed E-state index contributed by atoms with van der Waals surface area (Å²) in [5.74, 6) is 0. The highest BCUT2D eigenvalue weighted by Crippen LogP contribution is 2.27. The molecule has 0 radical (unpaired) electrons. The molecule has 6 heteroatoms. The first-order chi connectivity index (χ1) is 9.66. The first-order valence-corrected chi connectivity index (χ1v) is 6.62. The summed E-state index contributed by atoms with van der Waals surface area (Å²) in [6.45, 7) is 0.692. The Morgan fingerprint density at radius 3 is 2.40 bits per heavy atom. The summed E-state index contributed by atoms with van der Waals surface area (Å²) < 4.78 is 16.3. The number of aliphatic hydroxyl groups is 3. The van der Waals surface area contributed by atoms with E-state index in [1.807, 2.05) is 24.3 Å².